The maximum absolute atomic E-state index is 2.42. The van der Waals surface area contributed by atoms with E-state index in [4.69, 9.17) is 0 Å². The van der Waals surface area contributed by atoms with Crippen molar-refractivity contribution in [3.8, 4) is 0 Å². The number of nitrogens with zero attached hydrogens (tertiary/aromatic N) is 2. The minimum atomic E-state index is 0.486. The fourth-order valence-corrected chi connectivity index (χ4v) is 4.29. The third kappa shape index (κ3) is 8.71. The van der Waals surface area contributed by atoms with Crippen LogP contribution in [0.5, 0.6) is 0 Å². The molecule has 28 heavy (non-hydrogen) atoms. The van der Waals surface area contributed by atoms with Gasteiger partial charge >= 0.3 is 0 Å². The molecule has 0 bridgehead atoms. The van der Waals surface area contributed by atoms with E-state index in [0.717, 1.165) is 0 Å². The predicted octanol–water partition coefficient (Wildman–Crippen LogP) is 8.11. The third-order valence-corrected chi connectivity index (χ3v) is 6.12. The summed E-state index contributed by atoms with van der Waals surface area (Å²) >= 11 is 0. The van der Waals surface area contributed by atoms with Crippen molar-refractivity contribution < 1.29 is 0 Å². The maximum Gasteiger partial charge on any atom is 0.105 e. The smallest absolute Gasteiger partial charge is 0.105 e. The molecule has 2 rings (SSSR count). The largest absolute Gasteiger partial charge is 0.359 e. The first kappa shape index (κ1) is 22.8. The molecule has 2 nitrogen and oxygen atoms in total. The average Bonchev–Trinajstić information content (AvgIpc) is 3.09. The van der Waals surface area contributed by atoms with Gasteiger partial charge in [-0.2, -0.15) is 0 Å². The summed E-state index contributed by atoms with van der Waals surface area (Å²) < 4.78 is 0. The molecule has 0 saturated carbocycles. The van der Waals surface area contributed by atoms with Crippen molar-refractivity contribution in [2.75, 3.05) is 11.9 Å². The van der Waals surface area contributed by atoms with Gasteiger partial charge in [0.2, 0.25) is 0 Å². The lowest BCUT2D eigenvalue weighted by molar-refractivity contribution is 0.329. The first-order valence-corrected chi connectivity index (χ1v) is 12.1. The van der Waals surface area contributed by atoms with Gasteiger partial charge in [0.05, 0.1) is 0 Å². The second-order valence-corrected chi connectivity index (χ2v) is 8.57. The van der Waals surface area contributed by atoms with Crippen molar-refractivity contribution in [3.63, 3.8) is 0 Å². The van der Waals surface area contributed by atoms with Gasteiger partial charge in [0.25, 0.3) is 0 Å². The Bertz CT molecular complexity index is 510. The van der Waals surface area contributed by atoms with Gasteiger partial charge < -0.3 is 9.80 Å². The molecule has 1 aromatic rings. The Hall–Kier alpha value is -1.44. The maximum atomic E-state index is 2.42. The monoisotopic (exact) mass is 384 g/mol. The fourth-order valence-electron chi connectivity index (χ4n) is 4.29. The lowest BCUT2D eigenvalue weighted by Gasteiger charge is -2.30. The lowest BCUT2D eigenvalue weighted by Crippen LogP contribution is -2.36. The molecule has 1 aliphatic rings. The second-order valence-electron chi connectivity index (χ2n) is 8.57. The zero-order valence-corrected chi connectivity index (χ0v) is 18.6. The molecule has 0 saturated heterocycles. The van der Waals surface area contributed by atoms with Crippen LogP contribution in [0.25, 0.3) is 0 Å². The van der Waals surface area contributed by atoms with Gasteiger partial charge in [0.15, 0.2) is 0 Å². The van der Waals surface area contributed by atoms with Crippen LogP contribution < -0.4 is 4.90 Å². The van der Waals surface area contributed by atoms with Crippen molar-refractivity contribution in [3.05, 3.63) is 42.7 Å². The van der Waals surface area contributed by atoms with Gasteiger partial charge in [-0.05, 0) is 25.0 Å². The topological polar surface area (TPSA) is 6.48 Å². The Morgan fingerprint density at radius 1 is 0.643 bits per heavy atom. The Morgan fingerprint density at radius 2 is 1.14 bits per heavy atom. The first-order valence-electron chi connectivity index (χ1n) is 12.1. The summed E-state index contributed by atoms with van der Waals surface area (Å²) in [6.07, 6.45) is 26.1. The summed E-state index contributed by atoms with van der Waals surface area (Å²) in [4.78, 5) is 4.78. The van der Waals surface area contributed by atoms with Gasteiger partial charge in [0, 0.05) is 25.1 Å². The minimum Gasteiger partial charge on any atom is -0.359 e. The Kier molecular flexibility index (Phi) is 11.9. The van der Waals surface area contributed by atoms with E-state index >= 15 is 0 Å². The molecule has 0 amide bonds. The molecule has 1 aromatic carbocycles. The highest BCUT2D eigenvalue weighted by atomic mass is 15.4. The van der Waals surface area contributed by atoms with Crippen LogP contribution in [0.2, 0.25) is 0 Å². The quantitative estimate of drug-likeness (QED) is 0.266. The van der Waals surface area contributed by atoms with Crippen LogP contribution in [0.3, 0.4) is 0 Å². The van der Waals surface area contributed by atoms with Crippen LogP contribution in [0.4, 0.5) is 5.69 Å². The molecular weight excluding hydrogens is 340 g/mol. The molecule has 1 heterocycles. The summed E-state index contributed by atoms with van der Waals surface area (Å²) in [6, 6.07) is 10.8. The summed E-state index contributed by atoms with van der Waals surface area (Å²) in [7, 11) is 2.20. The summed E-state index contributed by atoms with van der Waals surface area (Å²) in [5.41, 5.74) is 1.30. The average molecular weight is 385 g/mol. The predicted molar refractivity (Wildman–Crippen MR) is 125 cm³/mol. The van der Waals surface area contributed by atoms with E-state index in [-0.39, 0.29) is 0 Å². The molecular formula is C26H44N2. The Labute approximate surface area is 175 Å². The molecule has 0 aliphatic carbocycles. The number of hydrogen-bond donors (Lipinski definition) is 0. The highest BCUT2D eigenvalue weighted by Gasteiger charge is 2.23. The van der Waals surface area contributed by atoms with Crippen molar-refractivity contribution >= 4 is 5.69 Å². The highest BCUT2D eigenvalue weighted by Crippen LogP contribution is 2.26. The van der Waals surface area contributed by atoms with Gasteiger partial charge in [-0.3, -0.25) is 0 Å². The number of rotatable bonds is 16. The van der Waals surface area contributed by atoms with Crippen molar-refractivity contribution in [2.45, 2.75) is 109 Å². The van der Waals surface area contributed by atoms with Crippen molar-refractivity contribution in [1.82, 2.24) is 4.90 Å². The summed E-state index contributed by atoms with van der Waals surface area (Å²) in [5, 5.41) is 0. The van der Waals surface area contributed by atoms with Crippen LogP contribution in [-0.2, 0) is 0 Å². The van der Waals surface area contributed by atoms with E-state index in [1.54, 1.807) is 0 Å². The number of hydrogen-bond acceptors (Lipinski definition) is 2. The number of anilines is 1. The van der Waals surface area contributed by atoms with E-state index in [9.17, 15) is 0 Å². The Morgan fingerprint density at radius 3 is 1.68 bits per heavy atom. The molecule has 0 spiro atoms. The number of para-hydroxylation sites is 1. The minimum absolute atomic E-state index is 0.486. The van der Waals surface area contributed by atoms with Crippen molar-refractivity contribution in [2.24, 2.45) is 0 Å². The molecule has 0 radical (unpaired) electrons. The fraction of sp³-hybridized carbons (Fsp3) is 0.692. The third-order valence-electron chi connectivity index (χ3n) is 6.12. The van der Waals surface area contributed by atoms with Crippen molar-refractivity contribution in [1.29, 1.82) is 0 Å². The molecule has 1 atom stereocenters. The van der Waals surface area contributed by atoms with E-state index in [1.807, 2.05) is 0 Å². The van der Waals surface area contributed by atoms with Gasteiger partial charge in [-0.25, -0.2) is 0 Å². The SMILES string of the molecule is CCCCCCCCCCCCCCCCC1N(C)C=CN1c1ccccc1. The van der Waals surface area contributed by atoms with E-state index in [1.165, 1.54) is 102 Å². The van der Waals surface area contributed by atoms with E-state index in [0.29, 0.717) is 6.17 Å². The van der Waals surface area contributed by atoms with E-state index in [2.05, 4.69) is 66.5 Å². The number of unbranched alkanes of at least 4 members (excludes halogenated alkanes) is 13. The molecule has 2 heteroatoms. The standard InChI is InChI=1S/C26H44N2/c1-3-4-5-6-7-8-9-10-11-12-13-14-15-19-22-26-27(2)23-24-28(26)25-20-17-16-18-21-25/h16-18,20-21,23-24,26H,3-15,19,22H2,1-2H3. The van der Waals surface area contributed by atoms with Gasteiger partial charge in [-0.1, -0.05) is 109 Å². The van der Waals surface area contributed by atoms with Gasteiger partial charge in [0.1, 0.15) is 6.17 Å². The summed E-state index contributed by atoms with van der Waals surface area (Å²) in [6.45, 7) is 2.30. The highest BCUT2D eigenvalue weighted by molar-refractivity contribution is 5.51. The molecule has 0 aromatic heterocycles. The van der Waals surface area contributed by atoms with Crippen LogP contribution in [-0.4, -0.2) is 18.1 Å². The molecule has 1 unspecified atom stereocenters. The summed E-state index contributed by atoms with van der Waals surface area (Å²) in [5.74, 6) is 0. The van der Waals surface area contributed by atoms with Crippen LogP contribution in [0.1, 0.15) is 103 Å². The van der Waals surface area contributed by atoms with Gasteiger partial charge in [-0.15, -0.1) is 0 Å². The normalized spacial score (nSPS) is 16.3. The zero-order chi connectivity index (χ0) is 19.9. The van der Waals surface area contributed by atoms with Crippen LogP contribution in [0.15, 0.2) is 42.7 Å². The molecule has 1 aliphatic heterocycles. The zero-order valence-electron chi connectivity index (χ0n) is 18.6. The molecule has 0 N–H and O–H groups in total. The van der Waals surface area contributed by atoms with Crippen LogP contribution >= 0.6 is 0 Å². The lowest BCUT2D eigenvalue weighted by atomic mass is 10.0. The Balaban J connectivity index is 1.44. The first-order chi connectivity index (χ1) is 13.8. The number of benzene rings is 1. The molecule has 0 fully saturated rings. The van der Waals surface area contributed by atoms with Crippen LogP contribution in [0, 0.1) is 0 Å². The van der Waals surface area contributed by atoms with E-state index < -0.39 is 0 Å². The molecule has 158 valence electrons. The second kappa shape index (κ2) is 14.5.